The fraction of sp³-hybridized carbons (Fsp3) is 0.619. The second-order valence-corrected chi connectivity index (χ2v) is 7.46. The first-order valence-electron chi connectivity index (χ1n) is 9.64. The van der Waals surface area contributed by atoms with Crippen LogP contribution in [0.2, 0.25) is 0 Å². The first kappa shape index (κ1) is 20.0. The minimum Gasteiger partial charge on any atom is -0.454 e. The van der Waals surface area contributed by atoms with E-state index in [4.69, 9.17) is 20.6 Å². The van der Waals surface area contributed by atoms with Crippen molar-refractivity contribution in [2.24, 2.45) is 0 Å². The Hall–Kier alpha value is -1.78. The van der Waals surface area contributed by atoms with Crippen molar-refractivity contribution in [1.29, 1.82) is 0 Å². The standard InChI is InChI=1S/C21H30N2O4/c1-4-21(3,5-2)27-15-18(24)14-23-10-8-22(9-11-23)13-17-6-7-19-20(12-17)26-16-25-19/h1,6-7,12,18,24H,5,8-11,13-16H2,2-3H3. The topological polar surface area (TPSA) is 54.4 Å². The molecule has 0 aromatic heterocycles. The summed E-state index contributed by atoms with van der Waals surface area (Å²) in [5.41, 5.74) is 0.638. The van der Waals surface area contributed by atoms with Gasteiger partial charge in [-0.1, -0.05) is 18.9 Å². The number of hydrogen-bond donors (Lipinski definition) is 1. The summed E-state index contributed by atoms with van der Waals surface area (Å²) in [5, 5.41) is 10.3. The summed E-state index contributed by atoms with van der Waals surface area (Å²) in [5.74, 6) is 4.32. The summed E-state index contributed by atoms with van der Waals surface area (Å²) in [6, 6.07) is 6.13. The molecule has 1 saturated heterocycles. The third kappa shape index (κ3) is 5.36. The van der Waals surface area contributed by atoms with Gasteiger partial charge in [0.1, 0.15) is 5.60 Å². The van der Waals surface area contributed by atoms with Crippen molar-refractivity contribution >= 4 is 0 Å². The van der Waals surface area contributed by atoms with Gasteiger partial charge in [0.25, 0.3) is 0 Å². The van der Waals surface area contributed by atoms with E-state index in [0.717, 1.165) is 50.6 Å². The second kappa shape index (κ2) is 8.94. The molecular weight excluding hydrogens is 344 g/mol. The van der Waals surface area contributed by atoms with Crippen LogP contribution in [-0.4, -0.2) is 72.7 Å². The van der Waals surface area contributed by atoms with E-state index in [-0.39, 0.29) is 6.61 Å². The van der Waals surface area contributed by atoms with Gasteiger partial charge in [0, 0.05) is 39.3 Å². The van der Waals surface area contributed by atoms with E-state index in [1.807, 2.05) is 19.9 Å². The minimum atomic E-state index is -0.593. The Bertz CT molecular complexity index is 667. The largest absolute Gasteiger partial charge is 0.454 e. The van der Waals surface area contributed by atoms with Crippen molar-refractivity contribution in [3.05, 3.63) is 23.8 Å². The van der Waals surface area contributed by atoms with Gasteiger partial charge in [-0.3, -0.25) is 9.80 Å². The highest BCUT2D eigenvalue weighted by molar-refractivity contribution is 5.44. The summed E-state index contributed by atoms with van der Waals surface area (Å²) in [6.45, 7) is 9.77. The van der Waals surface area contributed by atoms with E-state index in [9.17, 15) is 5.11 Å². The lowest BCUT2D eigenvalue weighted by Crippen LogP contribution is -2.49. The van der Waals surface area contributed by atoms with Crippen LogP contribution < -0.4 is 9.47 Å². The summed E-state index contributed by atoms with van der Waals surface area (Å²) in [4.78, 5) is 4.70. The molecule has 2 unspecified atom stereocenters. The van der Waals surface area contributed by atoms with Crippen molar-refractivity contribution in [3.63, 3.8) is 0 Å². The minimum absolute atomic E-state index is 0.270. The zero-order valence-corrected chi connectivity index (χ0v) is 16.3. The fourth-order valence-corrected chi connectivity index (χ4v) is 3.30. The van der Waals surface area contributed by atoms with Crippen molar-refractivity contribution in [3.8, 4) is 23.8 Å². The number of aliphatic hydroxyl groups excluding tert-OH is 1. The Morgan fingerprint density at radius 3 is 2.63 bits per heavy atom. The quantitative estimate of drug-likeness (QED) is 0.699. The number of piperazine rings is 1. The van der Waals surface area contributed by atoms with Gasteiger partial charge >= 0.3 is 0 Å². The Balaban J connectivity index is 1.39. The van der Waals surface area contributed by atoms with Gasteiger partial charge in [-0.05, 0) is 31.0 Å². The SMILES string of the molecule is C#CC(C)(CC)OCC(O)CN1CCN(Cc2ccc3c(c2)OCO3)CC1. The van der Waals surface area contributed by atoms with Crippen LogP contribution in [-0.2, 0) is 11.3 Å². The zero-order chi connectivity index (χ0) is 19.3. The van der Waals surface area contributed by atoms with Gasteiger partial charge in [0.2, 0.25) is 6.79 Å². The van der Waals surface area contributed by atoms with Crippen LogP contribution in [0.3, 0.4) is 0 Å². The van der Waals surface area contributed by atoms with Gasteiger partial charge in [0.05, 0.1) is 12.7 Å². The maximum absolute atomic E-state index is 10.3. The first-order chi connectivity index (χ1) is 13.0. The predicted octanol–water partition coefficient (Wildman–Crippen LogP) is 1.71. The molecule has 148 valence electrons. The maximum Gasteiger partial charge on any atom is 0.231 e. The Kier molecular flexibility index (Phi) is 6.61. The van der Waals surface area contributed by atoms with Crippen LogP contribution >= 0.6 is 0 Å². The molecule has 3 rings (SSSR count). The zero-order valence-electron chi connectivity index (χ0n) is 16.3. The van der Waals surface area contributed by atoms with Crippen LogP contribution in [0.1, 0.15) is 25.8 Å². The lowest BCUT2D eigenvalue weighted by molar-refractivity contribution is -0.0501. The van der Waals surface area contributed by atoms with Gasteiger partial charge in [-0.15, -0.1) is 6.42 Å². The molecule has 2 atom stereocenters. The van der Waals surface area contributed by atoms with Crippen molar-refractivity contribution < 1.29 is 19.3 Å². The molecule has 1 aromatic carbocycles. The molecule has 6 nitrogen and oxygen atoms in total. The number of benzene rings is 1. The molecule has 0 amide bonds. The number of fused-ring (bicyclic) bond motifs is 1. The highest BCUT2D eigenvalue weighted by Crippen LogP contribution is 2.32. The van der Waals surface area contributed by atoms with Crippen molar-refractivity contribution in [2.45, 2.75) is 38.5 Å². The van der Waals surface area contributed by atoms with Crippen LogP contribution in [0.4, 0.5) is 0 Å². The van der Waals surface area contributed by atoms with E-state index in [1.54, 1.807) is 0 Å². The number of hydrogen-bond acceptors (Lipinski definition) is 6. The first-order valence-corrected chi connectivity index (χ1v) is 9.64. The normalized spacial score (nSPS) is 20.8. The lowest BCUT2D eigenvalue weighted by Gasteiger charge is -2.36. The molecule has 0 radical (unpaired) electrons. The van der Waals surface area contributed by atoms with E-state index < -0.39 is 11.7 Å². The molecule has 1 fully saturated rings. The molecule has 0 bridgehead atoms. The number of β-amino-alcohol motifs (C(OH)–C–C–N with tert-alkyl or cyclic N) is 1. The molecule has 2 aliphatic heterocycles. The number of rotatable bonds is 8. The Morgan fingerprint density at radius 2 is 1.93 bits per heavy atom. The number of terminal acetylenes is 1. The average molecular weight is 374 g/mol. The molecule has 6 heteroatoms. The van der Waals surface area contributed by atoms with Crippen LogP contribution in [0.5, 0.6) is 11.5 Å². The highest BCUT2D eigenvalue weighted by atomic mass is 16.7. The molecule has 2 aliphatic rings. The molecule has 2 heterocycles. The van der Waals surface area contributed by atoms with Gasteiger partial charge in [0.15, 0.2) is 11.5 Å². The number of ether oxygens (including phenoxy) is 3. The van der Waals surface area contributed by atoms with Crippen LogP contribution in [0.25, 0.3) is 0 Å². The van der Waals surface area contributed by atoms with Crippen LogP contribution in [0, 0.1) is 12.3 Å². The highest BCUT2D eigenvalue weighted by Gasteiger charge is 2.24. The number of nitrogens with zero attached hydrogens (tertiary/aromatic N) is 2. The molecule has 27 heavy (non-hydrogen) atoms. The number of aliphatic hydroxyl groups is 1. The molecule has 0 spiro atoms. The van der Waals surface area contributed by atoms with Crippen molar-refractivity contribution in [1.82, 2.24) is 9.80 Å². The van der Waals surface area contributed by atoms with E-state index in [0.29, 0.717) is 13.3 Å². The van der Waals surface area contributed by atoms with Gasteiger partial charge < -0.3 is 19.3 Å². The Labute approximate surface area is 162 Å². The third-order valence-corrected chi connectivity index (χ3v) is 5.35. The van der Waals surface area contributed by atoms with E-state index >= 15 is 0 Å². The molecule has 1 aromatic rings. The summed E-state index contributed by atoms with van der Waals surface area (Å²) in [7, 11) is 0. The Morgan fingerprint density at radius 1 is 1.22 bits per heavy atom. The summed E-state index contributed by atoms with van der Waals surface area (Å²) in [6.07, 6.45) is 5.72. The van der Waals surface area contributed by atoms with E-state index in [1.165, 1.54) is 5.56 Å². The second-order valence-electron chi connectivity index (χ2n) is 7.46. The summed E-state index contributed by atoms with van der Waals surface area (Å²) < 4.78 is 16.5. The smallest absolute Gasteiger partial charge is 0.231 e. The monoisotopic (exact) mass is 374 g/mol. The lowest BCUT2D eigenvalue weighted by atomic mass is 10.1. The van der Waals surface area contributed by atoms with Gasteiger partial charge in [-0.25, -0.2) is 0 Å². The fourth-order valence-electron chi connectivity index (χ4n) is 3.30. The van der Waals surface area contributed by atoms with E-state index in [2.05, 4.69) is 27.9 Å². The van der Waals surface area contributed by atoms with Crippen LogP contribution in [0.15, 0.2) is 18.2 Å². The summed E-state index contributed by atoms with van der Waals surface area (Å²) >= 11 is 0. The van der Waals surface area contributed by atoms with Crippen molar-refractivity contribution in [2.75, 3.05) is 46.1 Å². The molecule has 1 N–H and O–H groups in total. The maximum atomic E-state index is 10.3. The predicted molar refractivity (Wildman–Crippen MR) is 104 cm³/mol. The molecular formula is C21H30N2O4. The molecule has 0 saturated carbocycles. The molecule has 0 aliphatic carbocycles. The van der Waals surface area contributed by atoms with Gasteiger partial charge in [-0.2, -0.15) is 0 Å². The third-order valence-electron chi connectivity index (χ3n) is 5.35. The average Bonchev–Trinajstić information content (AvgIpc) is 3.15.